The van der Waals surface area contributed by atoms with Gasteiger partial charge in [0.05, 0.1) is 5.54 Å². The maximum atomic E-state index is 11.6. The monoisotopic (exact) mass is 248 g/mol. The summed E-state index contributed by atoms with van der Waals surface area (Å²) in [6, 6.07) is 8.30. The second kappa shape index (κ2) is 5.11. The van der Waals surface area contributed by atoms with Crippen molar-refractivity contribution in [2.75, 3.05) is 0 Å². The number of carbonyl (C=O) groups is 1. The van der Waals surface area contributed by atoms with Crippen LogP contribution in [0.4, 0.5) is 0 Å². The molecular formula is C15H24N2O. The predicted octanol–water partition coefficient (Wildman–Crippen LogP) is 2.34. The number of nitrogens with one attached hydrogen (secondary N) is 1. The third-order valence-electron chi connectivity index (χ3n) is 2.86. The van der Waals surface area contributed by atoms with Crippen molar-refractivity contribution >= 4 is 5.91 Å². The molecule has 0 saturated carbocycles. The van der Waals surface area contributed by atoms with Gasteiger partial charge >= 0.3 is 0 Å². The molecule has 0 aliphatic heterocycles. The highest BCUT2D eigenvalue weighted by Gasteiger charge is 2.21. The average molecular weight is 248 g/mol. The molecule has 0 bridgehead atoms. The molecule has 3 heteroatoms. The van der Waals surface area contributed by atoms with Crippen LogP contribution >= 0.6 is 0 Å². The lowest BCUT2D eigenvalue weighted by atomic mass is 9.87. The minimum absolute atomic E-state index is 0.137. The maximum absolute atomic E-state index is 11.6. The van der Waals surface area contributed by atoms with Gasteiger partial charge in [-0.2, -0.15) is 0 Å². The lowest BCUT2D eigenvalue weighted by Gasteiger charge is -2.20. The molecule has 100 valence electrons. The second-order valence-electron chi connectivity index (χ2n) is 6.35. The number of carbonyl (C=O) groups excluding carboxylic acids is 1. The van der Waals surface area contributed by atoms with E-state index < -0.39 is 5.54 Å². The first-order valence-corrected chi connectivity index (χ1v) is 6.27. The van der Waals surface area contributed by atoms with Crippen LogP contribution in [-0.2, 0) is 16.8 Å². The fourth-order valence-corrected chi connectivity index (χ4v) is 1.53. The zero-order valence-corrected chi connectivity index (χ0v) is 12.0. The summed E-state index contributed by atoms with van der Waals surface area (Å²) in [5.74, 6) is -0.137. The first-order valence-electron chi connectivity index (χ1n) is 6.27. The van der Waals surface area contributed by atoms with Crippen LogP contribution in [-0.4, -0.2) is 11.4 Å². The first-order chi connectivity index (χ1) is 8.10. The van der Waals surface area contributed by atoms with Gasteiger partial charge in [-0.15, -0.1) is 0 Å². The topological polar surface area (TPSA) is 55.1 Å². The van der Waals surface area contributed by atoms with Gasteiger partial charge in [0.25, 0.3) is 0 Å². The molecule has 1 amide bonds. The van der Waals surface area contributed by atoms with Crippen LogP contribution in [0, 0.1) is 0 Å². The summed E-state index contributed by atoms with van der Waals surface area (Å²) in [4.78, 5) is 11.6. The zero-order valence-electron chi connectivity index (χ0n) is 12.0. The smallest absolute Gasteiger partial charge is 0.239 e. The van der Waals surface area contributed by atoms with E-state index in [0.29, 0.717) is 6.54 Å². The van der Waals surface area contributed by atoms with Gasteiger partial charge in [0.15, 0.2) is 0 Å². The highest BCUT2D eigenvalue weighted by Crippen LogP contribution is 2.22. The van der Waals surface area contributed by atoms with Crippen LogP contribution in [0.1, 0.15) is 45.7 Å². The predicted molar refractivity (Wildman–Crippen MR) is 75.3 cm³/mol. The van der Waals surface area contributed by atoms with Gasteiger partial charge in [-0.3, -0.25) is 4.79 Å². The van der Waals surface area contributed by atoms with E-state index in [1.807, 2.05) is 12.1 Å². The van der Waals surface area contributed by atoms with Crippen LogP contribution in [0.2, 0.25) is 0 Å². The van der Waals surface area contributed by atoms with Crippen LogP contribution < -0.4 is 11.1 Å². The Bertz CT molecular complexity index is 408. The molecule has 0 atom stereocenters. The van der Waals surface area contributed by atoms with E-state index in [-0.39, 0.29) is 11.3 Å². The molecule has 3 nitrogen and oxygen atoms in total. The van der Waals surface area contributed by atoms with E-state index in [1.54, 1.807) is 13.8 Å². The van der Waals surface area contributed by atoms with E-state index in [9.17, 15) is 4.79 Å². The van der Waals surface area contributed by atoms with Crippen molar-refractivity contribution < 1.29 is 4.79 Å². The van der Waals surface area contributed by atoms with Crippen LogP contribution in [0.5, 0.6) is 0 Å². The molecule has 1 rings (SSSR count). The lowest BCUT2D eigenvalue weighted by Crippen LogP contribution is -2.48. The molecule has 3 N–H and O–H groups in total. The van der Waals surface area contributed by atoms with Crippen LogP contribution in [0.3, 0.4) is 0 Å². The van der Waals surface area contributed by atoms with Gasteiger partial charge in [-0.1, -0.05) is 45.0 Å². The standard InChI is InChI=1S/C15H24N2O/c1-14(2,3)12-8-6-11(7-9-12)10-17-13(18)15(4,5)16/h6-9H,10,16H2,1-5H3,(H,17,18). The molecule has 0 fully saturated rings. The van der Waals surface area contributed by atoms with Gasteiger partial charge in [0.1, 0.15) is 0 Å². The molecule has 0 saturated heterocycles. The van der Waals surface area contributed by atoms with Gasteiger partial charge in [0, 0.05) is 6.54 Å². The SMILES string of the molecule is CC(C)(N)C(=O)NCc1ccc(C(C)(C)C)cc1. The molecule has 0 aliphatic rings. The van der Waals surface area contributed by atoms with E-state index in [1.165, 1.54) is 5.56 Å². The van der Waals surface area contributed by atoms with E-state index in [0.717, 1.165) is 5.56 Å². The lowest BCUT2D eigenvalue weighted by molar-refractivity contribution is -0.125. The van der Waals surface area contributed by atoms with Crippen molar-refractivity contribution in [3.63, 3.8) is 0 Å². The Morgan fingerprint density at radius 1 is 1.11 bits per heavy atom. The maximum Gasteiger partial charge on any atom is 0.239 e. The Labute approximate surface area is 110 Å². The number of hydrogen-bond donors (Lipinski definition) is 2. The van der Waals surface area contributed by atoms with E-state index in [2.05, 4.69) is 38.2 Å². The normalized spacial score (nSPS) is 12.3. The van der Waals surface area contributed by atoms with Crippen molar-refractivity contribution in [1.82, 2.24) is 5.32 Å². The fourth-order valence-electron chi connectivity index (χ4n) is 1.53. The van der Waals surface area contributed by atoms with Crippen molar-refractivity contribution in [2.24, 2.45) is 5.73 Å². The van der Waals surface area contributed by atoms with Gasteiger partial charge in [-0.25, -0.2) is 0 Å². The summed E-state index contributed by atoms with van der Waals surface area (Å²) in [5.41, 5.74) is 7.41. The quantitative estimate of drug-likeness (QED) is 0.862. The van der Waals surface area contributed by atoms with Gasteiger partial charge < -0.3 is 11.1 Å². The number of benzene rings is 1. The van der Waals surface area contributed by atoms with Crippen molar-refractivity contribution in [3.8, 4) is 0 Å². The molecule has 0 aliphatic carbocycles. The molecule has 0 heterocycles. The van der Waals surface area contributed by atoms with E-state index >= 15 is 0 Å². The minimum Gasteiger partial charge on any atom is -0.350 e. The largest absolute Gasteiger partial charge is 0.350 e. The Morgan fingerprint density at radius 2 is 1.61 bits per heavy atom. The molecule has 0 radical (unpaired) electrons. The van der Waals surface area contributed by atoms with Gasteiger partial charge in [0.2, 0.25) is 5.91 Å². The summed E-state index contributed by atoms with van der Waals surface area (Å²) in [5, 5.41) is 2.83. The summed E-state index contributed by atoms with van der Waals surface area (Å²) in [6.45, 7) is 10.5. The minimum atomic E-state index is -0.828. The molecular weight excluding hydrogens is 224 g/mol. The zero-order chi connectivity index (χ0) is 14.0. The molecule has 0 aromatic heterocycles. The van der Waals surface area contributed by atoms with E-state index in [4.69, 9.17) is 5.73 Å². The van der Waals surface area contributed by atoms with Crippen molar-refractivity contribution in [3.05, 3.63) is 35.4 Å². The van der Waals surface area contributed by atoms with Gasteiger partial charge in [-0.05, 0) is 30.4 Å². The highest BCUT2D eigenvalue weighted by molar-refractivity contribution is 5.84. The molecule has 0 spiro atoms. The Kier molecular flexibility index (Phi) is 4.17. The Hall–Kier alpha value is -1.35. The first kappa shape index (κ1) is 14.7. The number of amides is 1. The summed E-state index contributed by atoms with van der Waals surface area (Å²) >= 11 is 0. The summed E-state index contributed by atoms with van der Waals surface area (Å²) in [6.07, 6.45) is 0. The molecule has 18 heavy (non-hydrogen) atoms. The van der Waals surface area contributed by atoms with Crippen molar-refractivity contribution in [1.29, 1.82) is 0 Å². The fraction of sp³-hybridized carbons (Fsp3) is 0.533. The number of nitrogens with two attached hydrogens (primary N) is 1. The average Bonchev–Trinajstić information content (AvgIpc) is 2.24. The third kappa shape index (κ3) is 4.15. The Balaban J connectivity index is 2.63. The van der Waals surface area contributed by atoms with Crippen molar-refractivity contribution in [2.45, 2.75) is 52.1 Å². The molecule has 0 unspecified atom stereocenters. The molecule has 1 aromatic rings. The van der Waals surface area contributed by atoms with Crippen LogP contribution in [0.25, 0.3) is 0 Å². The van der Waals surface area contributed by atoms with Crippen LogP contribution in [0.15, 0.2) is 24.3 Å². The highest BCUT2D eigenvalue weighted by atomic mass is 16.2. The summed E-state index contributed by atoms with van der Waals surface area (Å²) in [7, 11) is 0. The Morgan fingerprint density at radius 3 is 2.00 bits per heavy atom. The second-order valence-corrected chi connectivity index (χ2v) is 6.35. The third-order valence-corrected chi connectivity index (χ3v) is 2.86. The summed E-state index contributed by atoms with van der Waals surface area (Å²) < 4.78 is 0. The number of hydrogen-bond acceptors (Lipinski definition) is 2. The molecule has 1 aromatic carbocycles. The number of rotatable bonds is 3.